The van der Waals surface area contributed by atoms with E-state index in [1.54, 1.807) is 11.3 Å². The first-order valence-corrected chi connectivity index (χ1v) is 7.28. The van der Waals surface area contributed by atoms with Gasteiger partial charge in [0.1, 0.15) is 0 Å². The van der Waals surface area contributed by atoms with E-state index < -0.39 is 0 Å². The molecule has 3 nitrogen and oxygen atoms in total. The van der Waals surface area contributed by atoms with Crippen LogP contribution in [0.25, 0.3) is 10.2 Å². The SMILES string of the molecule is O=C(CC1CCCC1)Nc1nc2ccccc2s1. The van der Waals surface area contributed by atoms with E-state index >= 15 is 0 Å². The molecule has 0 radical (unpaired) electrons. The Kier molecular flexibility index (Phi) is 3.28. The standard InChI is InChI=1S/C14H16N2OS/c17-13(9-10-5-1-2-6-10)16-14-15-11-7-3-4-8-12(11)18-14/h3-4,7-8,10H,1-2,5-6,9H2,(H,15,16,17). The van der Waals surface area contributed by atoms with Crippen LogP contribution in [0, 0.1) is 5.92 Å². The van der Waals surface area contributed by atoms with Crippen molar-refractivity contribution < 1.29 is 4.79 Å². The highest BCUT2D eigenvalue weighted by atomic mass is 32.1. The van der Waals surface area contributed by atoms with Gasteiger partial charge in [0.25, 0.3) is 0 Å². The normalized spacial score (nSPS) is 16.2. The Bertz CT molecular complexity index is 525. The second kappa shape index (κ2) is 5.06. The third-order valence-electron chi connectivity index (χ3n) is 3.49. The number of thiazole rings is 1. The molecule has 1 aliphatic carbocycles. The van der Waals surface area contributed by atoms with Crippen LogP contribution in [-0.4, -0.2) is 10.9 Å². The van der Waals surface area contributed by atoms with Crippen molar-refractivity contribution in [2.75, 3.05) is 5.32 Å². The summed E-state index contributed by atoms with van der Waals surface area (Å²) in [6, 6.07) is 7.95. The van der Waals surface area contributed by atoms with Gasteiger partial charge in [0.05, 0.1) is 10.2 Å². The van der Waals surface area contributed by atoms with Crippen molar-refractivity contribution >= 4 is 32.6 Å². The number of hydrogen-bond acceptors (Lipinski definition) is 3. The highest BCUT2D eigenvalue weighted by Crippen LogP contribution is 2.29. The van der Waals surface area contributed by atoms with Crippen LogP contribution in [0.2, 0.25) is 0 Å². The highest BCUT2D eigenvalue weighted by molar-refractivity contribution is 7.22. The number of carbonyl (C=O) groups is 1. The Hall–Kier alpha value is -1.42. The largest absolute Gasteiger partial charge is 0.302 e. The van der Waals surface area contributed by atoms with E-state index in [4.69, 9.17) is 0 Å². The molecule has 0 saturated heterocycles. The molecule has 0 atom stereocenters. The Morgan fingerprint density at radius 2 is 2.11 bits per heavy atom. The van der Waals surface area contributed by atoms with Crippen LogP contribution in [-0.2, 0) is 4.79 Å². The maximum absolute atomic E-state index is 11.9. The van der Waals surface area contributed by atoms with Gasteiger partial charge < -0.3 is 5.32 Å². The van der Waals surface area contributed by atoms with E-state index in [0.29, 0.717) is 12.3 Å². The molecular formula is C14H16N2OS. The van der Waals surface area contributed by atoms with Crippen LogP contribution < -0.4 is 5.32 Å². The molecule has 1 fully saturated rings. The van der Waals surface area contributed by atoms with Crippen molar-refractivity contribution in [2.24, 2.45) is 5.92 Å². The number of para-hydroxylation sites is 1. The first-order chi connectivity index (χ1) is 8.81. The Morgan fingerprint density at radius 3 is 2.89 bits per heavy atom. The first kappa shape index (κ1) is 11.7. The van der Waals surface area contributed by atoms with Crippen LogP contribution >= 0.6 is 11.3 Å². The van der Waals surface area contributed by atoms with Crippen LogP contribution in [0.1, 0.15) is 32.1 Å². The van der Waals surface area contributed by atoms with E-state index in [1.807, 2.05) is 24.3 Å². The van der Waals surface area contributed by atoms with Crippen molar-refractivity contribution in [3.63, 3.8) is 0 Å². The van der Waals surface area contributed by atoms with Gasteiger partial charge in [-0.1, -0.05) is 36.3 Å². The second-order valence-corrected chi connectivity index (χ2v) is 5.92. The summed E-state index contributed by atoms with van der Waals surface area (Å²) in [5.41, 5.74) is 0.957. The number of hydrogen-bond donors (Lipinski definition) is 1. The average molecular weight is 260 g/mol. The van der Waals surface area contributed by atoms with Gasteiger partial charge in [-0.15, -0.1) is 0 Å². The number of rotatable bonds is 3. The van der Waals surface area contributed by atoms with E-state index in [0.717, 1.165) is 15.3 Å². The average Bonchev–Trinajstić information content (AvgIpc) is 2.96. The van der Waals surface area contributed by atoms with Crippen molar-refractivity contribution in [1.82, 2.24) is 4.98 Å². The maximum atomic E-state index is 11.9. The fourth-order valence-electron chi connectivity index (χ4n) is 2.57. The van der Waals surface area contributed by atoms with Crippen molar-refractivity contribution in [3.8, 4) is 0 Å². The minimum atomic E-state index is 0.112. The van der Waals surface area contributed by atoms with Crippen molar-refractivity contribution in [3.05, 3.63) is 24.3 Å². The van der Waals surface area contributed by atoms with Crippen LogP contribution in [0.4, 0.5) is 5.13 Å². The van der Waals surface area contributed by atoms with Crippen LogP contribution in [0.3, 0.4) is 0 Å². The quantitative estimate of drug-likeness (QED) is 0.911. The van der Waals surface area contributed by atoms with E-state index in [-0.39, 0.29) is 5.91 Å². The Morgan fingerprint density at radius 1 is 1.33 bits per heavy atom. The van der Waals surface area contributed by atoms with Gasteiger partial charge in [-0.25, -0.2) is 4.98 Å². The number of fused-ring (bicyclic) bond motifs is 1. The molecule has 2 aromatic rings. The summed E-state index contributed by atoms with van der Waals surface area (Å²) in [5.74, 6) is 0.695. The lowest BCUT2D eigenvalue weighted by molar-refractivity contribution is -0.117. The van der Waals surface area contributed by atoms with E-state index in [2.05, 4.69) is 10.3 Å². The summed E-state index contributed by atoms with van der Waals surface area (Å²) < 4.78 is 1.12. The number of nitrogens with zero attached hydrogens (tertiary/aromatic N) is 1. The predicted octanol–water partition coefficient (Wildman–Crippen LogP) is 3.82. The lowest BCUT2D eigenvalue weighted by Gasteiger charge is -2.07. The summed E-state index contributed by atoms with van der Waals surface area (Å²) >= 11 is 1.54. The Balaban J connectivity index is 1.66. The Labute approximate surface area is 110 Å². The van der Waals surface area contributed by atoms with Crippen LogP contribution in [0.5, 0.6) is 0 Å². The van der Waals surface area contributed by atoms with Gasteiger partial charge in [-0.05, 0) is 30.9 Å². The number of anilines is 1. The molecule has 4 heteroatoms. The molecule has 18 heavy (non-hydrogen) atoms. The molecule has 1 aromatic heterocycles. The molecular weight excluding hydrogens is 244 g/mol. The molecule has 0 unspecified atom stereocenters. The molecule has 1 aliphatic rings. The van der Waals surface area contributed by atoms with Gasteiger partial charge in [0.15, 0.2) is 5.13 Å². The molecule has 0 aliphatic heterocycles. The molecule has 1 amide bonds. The minimum absolute atomic E-state index is 0.112. The second-order valence-electron chi connectivity index (χ2n) is 4.89. The molecule has 1 N–H and O–H groups in total. The lowest BCUT2D eigenvalue weighted by atomic mass is 10.0. The molecule has 1 heterocycles. The first-order valence-electron chi connectivity index (χ1n) is 6.47. The predicted molar refractivity (Wildman–Crippen MR) is 74.8 cm³/mol. The zero-order chi connectivity index (χ0) is 12.4. The summed E-state index contributed by atoms with van der Waals surface area (Å²) in [4.78, 5) is 16.3. The zero-order valence-corrected chi connectivity index (χ0v) is 11.0. The van der Waals surface area contributed by atoms with Gasteiger partial charge in [0, 0.05) is 6.42 Å². The zero-order valence-electron chi connectivity index (χ0n) is 10.2. The van der Waals surface area contributed by atoms with Gasteiger partial charge in [-0.2, -0.15) is 0 Å². The van der Waals surface area contributed by atoms with Crippen molar-refractivity contribution in [2.45, 2.75) is 32.1 Å². The van der Waals surface area contributed by atoms with E-state index in [1.165, 1.54) is 25.7 Å². The van der Waals surface area contributed by atoms with Crippen LogP contribution in [0.15, 0.2) is 24.3 Å². The van der Waals surface area contributed by atoms with Gasteiger partial charge in [-0.3, -0.25) is 4.79 Å². The minimum Gasteiger partial charge on any atom is -0.302 e. The molecule has 3 rings (SSSR count). The number of amides is 1. The summed E-state index contributed by atoms with van der Waals surface area (Å²) in [5, 5.41) is 3.65. The maximum Gasteiger partial charge on any atom is 0.226 e. The highest BCUT2D eigenvalue weighted by Gasteiger charge is 2.19. The number of carbonyl (C=O) groups excluding carboxylic acids is 1. The summed E-state index contributed by atoms with van der Waals surface area (Å²) in [6.45, 7) is 0. The fraction of sp³-hybridized carbons (Fsp3) is 0.429. The fourth-order valence-corrected chi connectivity index (χ4v) is 3.45. The molecule has 94 valence electrons. The van der Waals surface area contributed by atoms with Gasteiger partial charge >= 0.3 is 0 Å². The third kappa shape index (κ3) is 2.53. The smallest absolute Gasteiger partial charge is 0.226 e. The summed E-state index contributed by atoms with van der Waals surface area (Å²) in [7, 11) is 0. The number of aromatic nitrogens is 1. The monoisotopic (exact) mass is 260 g/mol. The topological polar surface area (TPSA) is 42.0 Å². The number of nitrogens with one attached hydrogen (secondary N) is 1. The third-order valence-corrected chi connectivity index (χ3v) is 4.44. The molecule has 1 saturated carbocycles. The molecule has 0 spiro atoms. The molecule has 1 aromatic carbocycles. The van der Waals surface area contributed by atoms with E-state index in [9.17, 15) is 4.79 Å². The molecule has 0 bridgehead atoms. The lowest BCUT2D eigenvalue weighted by Crippen LogP contribution is -2.14. The van der Waals surface area contributed by atoms with Crippen molar-refractivity contribution in [1.29, 1.82) is 0 Å². The number of benzene rings is 1. The summed E-state index contributed by atoms with van der Waals surface area (Å²) in [6.07, 6.45) is 5.61. The van der Waals surface area contributed by atoms with Gasteiger partial charge in [0.2, 0.25) is 5.91 Å².